The molecule has 0 atom stereocenters. The van der Waals surface area contributed by atoms with E-state index in [4.69, 9.17) is 10.5 Å². The number of nitrogens with one attached hydrogen (secondary N) is 1. The van der Waals surface area contributed by atoms with Crippen LogP contribution in [0.2, 0.25) is 0 Å². The van der Waals surface area contributed by atoms with Gasteiger partial charge in [0.25, 0.3) is 15.9 Å². The number of amides is 1. The number of nitrogens with two attached hydrogens (primary N) is 1. The van der Waals surface area contributed by atoms with Crippen molar-refractivity contribution in [2.75, 3.05) is 11.3 Å². The van der Waals surface area contributed by atoms with E-state index in [0.717, 1.165) is 16.5 Å². The fourth-order valence-electron chi connectivity index (χ4n) is 1.82. The van der Waals surface area contributed by atoms with Crippen LogP contribution in [0.4, 0.5) is 5.69 Å². The fourth-order valence-corrected chi connectivity index (χ4v) is 2.69. The summed E-state index contributed by atoms with van der Waals surface area (Å²) in [7, 11) is -3.63. The first-order valence-corrected chi connectivity index (χ1v) is 8.67. The normalized spacial score (nSPS) is 11.4. The van der Waals surface area contributed by atoms with Gasteiger partial charge in [-0.05, 0) is 42.8 Å². The predicted octanol–water partition coefficient (Wildman–Crippen LogP) is 2.27. The maximum Gasteiger partial charge on any atom is 0.255 e. The van der Waals surface area contributed by atoms with Crippen LogP contribution in [-0.4, -0.2) is 20.9 Å². The van der Waals surface area contributed by atoms with Gasteiger partial charge in [-0.1, -0.05) is 29.8 Å². The Morgan fingerprint density at radius 1 is 1.12 bits per heavy atom. The van der Waals surface area contributed by atoms with Crippen LogP contribution in [0, 0.1) is 6.92 Å². The van der Waals surface area contributed by atoms with E-state index < -0.39 is 15.9 Å². The quantitative estimate of drug-likeness (QED) is 0.803. The first-order chi connectivity index (χ1) is 11.3. The number of ether oxygens (including phenoxy) is 1. The molecule has 0 aliphatic heterocycles. The van der Waals surface area contributed by atoms with Crippen LogP contribution < -0.4 is 15.2 Å². The van der Waals surface area contributed by atoms with Gasteiger partial charge < -0.3 is 10.5 Å². The van der Waals surface area contributed by atoms with E-state index in [1.165, 1.54) is 18.2 Å². The molecule has 7 heteroatoms. The van der Waals surface area contributed by atoms with Gasteiger partial charge in [-0.15, -0.1) is 0 Å². The van der Waals surface area contributed by atoms with Crippen molar-refractivity contribution in [3.63, 3.8) is 0 Å². The standard InChI is InChI=1S/C17H18N2O4S/c1-13-2-4-14(5-3-13)10-11-24(21,22)19-15-6-8-16(9-7-15)23-12-17(18)20/h2-11,19H,12H2,1H3,(H2,18,20)/b11-10+. The van der Waals surface area contributed by atoms with Gasteiger partial charge >= 0.3 is 0 Å². The zero-order valence-corrected chi connectivity index (χ0v) is 13.9. The van der Waals surface area contributed by atoms with Crippen LogP contribution in [0.3, 0.4) is 0 Å². The SMILES string of the molecule is Cc1ccc(/C=C/S(=O)(=O)Nc2ccc(OCC(N)=O)cc2)cc1. The molecule has 3 N–H and O–H groups in total. The van der Waals surface area contributed by atoms with Gasteiger partial charge in [-0.3, -0.25) is 9.52 Å². The summed E-state index contributed by atoms with van der Waals surface area (Å²) in [5.41, 5.74) is 7.26. The lowest BCUT2D eigenvalue weighted by Gasteiger charge is -2.07. The Morgan fingerprint density at radius 2 is 1.75 bits per heavy atom. The molecule has 0 fully saturated rings. The molecule has 0 saturated heterocycles. The van der Waals surface area contributed by atoms with Gasteiger partial charge in [-0.2, -0.15) is 0 Å². The maximum absolute atomic E-state index is 12.0. The molecule has 0 unspecified atom stereocenters. The lowest BCUT2D eigenvalue weighted by molar-refractivity contribution is -0.119. The van der Waals surface area contributed by atoms with E-state index in [1.807, 2.05) is 31.2 Å². The number of aryl methyl sites for hydroxylation is 1. The minimum Gasteiger partial charge on any atom is -0.484 e. The van der Waals surface area contributed by atoms with Crippen molar-refractivity contribution < 1.29 is 17.9 Å². The second kappa shape index (κ2) is 7.65. The molecular formula is C17H18N2O4S. The molecule has 0 heterocycles. The van der Waals surface area contributed by atoms with Crippen molar-refractivity contribution in [2.24, 2.45) is 5.73 Å². The van der Waals surface area contributed by atoms with E-state index in [9.17, 15) is 13.2 Å². The molecule has 2 aromatic carbocycles. The zero-order valence-electron chi connectivity index (χ0n) is 13.1. The lowest BCUT2D eigenvalue weighted by Crippen LogP contribution is -2.20. The monoisotopic (exact) mass is 346 g/mol. The number of sulfonamides is 1. The molecule has 0 aliphatic carbocycles. The van der Waals surface area contributed by atoms with Crippen molar-refractivity contribution in [1.29, 1.82) is 0 Å². The molecule has 6 nitrogen and oxygen atoms in total. The van der Waals surface area contributed by atoms with E-state index in [2.05, 4.69) is 4.72 Å². The van der Waals surface area contributed by atoms with Gasteiger partial charge in [0.2, 0.25) is 0 Å². The van der Waals surface area contributed by atoms with Crippen molar-refractivity contribution in [2.45, 2.75) is 6.92 Å². The molecule has 24 heavy (non-hydrogen) atoms. The van der Waals surface area contributed by atoms with Crippen molar-refractivity contribution in [3.05, 3.63) is 65.1 Å². The molecule has 0 bridgehead atoms. The first-order valence-electron chi connectivity index (χ1n) is 7.13. The van der Waals surface area contributed by atoms with Crippen LogP contribution in [-0.2, 0) is 14.8 Å². The lowest BCUT2D eigenvalue weighted by atomic mass is 10.2. The van der Waals surface area contributed by atoms with Crippen LogP contribution >= 0.6 is 0 Å². The number of hydrogen-bond acceptors (Lipinski definition) is 4. The number of carbonyl (C=O) groups is 1. The van der Waals surface area contributed by atoms with Gasteiger partial charge in [-0.25, -0.2) is 8.42 Å². The first kappa shape index (κ1) is 17.6. The number of rotatable bonds is 7. The number of anilines is 1. The van der Waals surface area contributed by atoms with E-state index in [0.29, 0.717) is 11.4 Å². The third-order valence-corrected chi connectivity index (χ3v) is 4.03. The molecule has 2 rings (SSSR count). The van der Waals surface area contributed by atoms with Crippen LogP contribution in [0.5, 0.6) is 5.75 Å². The third kappa shape index (κ3) is 5.77. The van der Waals surface area contributed by atoms with Gasteiger partial charge in [0.1, 0.15) is 5.75 Å². The fraction of sp³-hybridized carbons (Fsp3) is 0.118. The average Bonchev–Trinajstić information content (AvgIpc) is 2.53. The highest BCUT2D eigenvalue weighted by Crippen LogP contribution is 2.17. The van der Waals surface area contributed by atoms with Crippen molar-refractivity contribution in [3.8, 4) is 5.75 Å². The second-order valence-electron chi connectivity index (χ2n) is 5.14. The zero-order chi connectivity index (χ0) is 17.6. The molecule has 0 spiro atoms. The summed E-state index contributed by atoms with van der Waals surface area (Å²) in [5.74, 6) is -0.159. The third-order valence-electron chi connectivity index (χ3n) is 3.01. The Morgan fingerprint density at radius 3 is 2.33 bits per heavy atom. The summed E-state index contributed by atoms with van der Waals surface area (Å²) < 4.78 is 31.6. The predicted molar refractivity (Wildman–Crippen MR) is 93.9 cm³/mol. The molecule has 0 radical (unpaired) electrons. The van der Waals surface area contributed by atoms with Crippen molar-refractivity contribution >= 4 is 27.7 Å². The molecule has 126 valence electrons. The molecule has 0 aliphatic rings. The number of benzene rings is 2. The van der Waals surface area contributed by atoms with Crippen LogP contribution in [0.1, 0.15) is 11.1 Å². The second-order valence-corrected chi connectivity index (χ2v) is 6.71. The number of primary amides is 1. The molecule has 2 aromatic rings. The largest absolute Gasteiger partial charge is 0.484 e. The molecule has 1 amide bonds. The Bertz CT molecular complexity index is 826. The summed E-state index contributed by atoms with van der Waals surface area (Å²) in [6, 6.07) is 13.7. The highest BCUT2D eigenvalue weighted by atomic mass is 32.2. The van der Waals surface area contributed by atoms with Crippen LogP contribution in [0.25, 0.3) is 6.08 Å². The minimum absolute atomic E-state index is 0.232. The van der Waals surface area contributed by atoms with Gasteiger partial charge in [0.15, 0.2) is 6.61 Å². The average molecular weight is 346 g/mol. The smallest absolute Gasteiger partial charge is 0.255 e. The van der Waals surface area contributed by atoms with E-state index >= 15 is 0 Å². The summed E-state index contributed by atoms with van der Waals surface area (Å²) in [5, 5.41) is 1.11. The van der Waals surface area contributed by atoms with Gasteiger partial charge in [0, 0.05) is 5.69 Å². The maximum atomic E-state index is 12.0. The van der Waals surface area contributed by atoms with E-state index in [-0.39, 0.29) is 6.61 Å². The van der Waals surface area contributed by atoms with Crippen LogP contribution in [0.15, 0.2) is 53.9 Å². The highest BCUT2D eigenvalue weighted by Gasteiger charge is 2.06. The molecular weight excluding hydrogens is 328 g/mol. The summed E-state index contributed by atoms with van der Waals surface area (Å²) in [6.07, 6.45) is 1.52. The number of hydrogen-bond donors (Lipinski definition) is 2. The summed E-state index contributed by atoms with van der Waals surface area (Å²) in [4.78, 5) is 10.6. The Labute approximate surface area is 141 Å². The Balaban J connectivity index is 2.00. The number of carbonyl (C=O) groups excluding carboxylic acids is 1. The van der Waals surface area contributed by atoms with Crippen molar-refractivity contribution in [1.82, 2.24) is 0 Å². The van der Waals surface area contributed by atoms with Gasteiger partial charge in [0.05, 0.1) is 5.41 Å². The highest BCUT2D eigenvalue weighted by molar-refractivity contribution is 7.95. The Kier molecular flexibility index (Phi) is 5.59. The summed E-state index contributed by atoms with van der Waals surface area (Å²) in [6.45, 7) is 1.73. The molecule has 0 aromatic heterocycles. The Hall–Kier alpha value is -2.80. The summed E-state index contributed by atoms with van der Waals surface area (Å²) >= 11 is 0. The van der Waals surface area contributed by atoms with E-state index in [1.54, 1.807) is 12.1 Å². The topological polar surface area (TPSA) is 98.5 Å². The molecule has 0 saturated carbocycles. The minimum atomic E-state index is -3.63.